The number of nitrogens with zero attached hydrogens (tertiary/aromatic N) is 3. The number of amides is 2. The number of aromatic nitrogens is 1. The minimum Gasteiger partial charge on any atom is -0.444 e. The zero-order valence-electron chi connectivity index (χ0n) is 18.1. The van der Waals surface area contributed by atoms with Gasteiger partial charge in [0.2, 0.25) is 0 Å². The molecule has 3 rings (SSSR count). The molecule has 29 heavy (non-hydrogen) atoms. The van der Waals surface area contributed by atoms with Gasteiger partial charge in [-0.1, -0.05) is 24.8 Å². The number of hydrogen-bond acceptors (Lipinski definition) is 3. The maximum atomic E-state index is 13.3. The van der Waals surface area contributed by atoms with E-state index < -0.39 is 5.60 Å². The zero-order chi connectivity index (χ0) is 21.3. The second-order valence-corrected chi connectivity index (χ2v) is 8.58. The van der Waals surface area contributed by atoms with Gasteiger partial charge in [-0.3, -0.25) is 4.79 Å². The molecule has 1 aromatic heterocycles. The fourth-order valence-corrected chi connectivity index (χ4v) is 3.77. The molecule has 0 N–H and O–H groups in total. The highest BCUT2D eigenvalue weighted by Gasteiger charge is 2.33. The normalized spacial score (nSPS) is 17.5. The Balaban J connectivity index is 1.80. The number of fused-ring (bicyclic) bond motifs is 1. The van der Waals surface area contributed by atoms with Crippen LogP contribution < -0.4 is 0 Å². The molecule has 156 valence electrons. The molecule has 0 aliphatic carbocycles. The summed E-state index contributed by atoms with van der Waals surface area (Å²) in [6, 6.07) is 5.93. The summed E-state index contributed by atoms with van der Waals surface area (Å²) in [5.74, 6) is 0.00393. The molecule has 6 nitrogen and oxygen atoms in total. The number of hydrogen-bond donors (Lipinski definition) is 0. The topological polar surface area (TPSA) is 54.8 Å². The van der Waals surface area contributed by atoms with Crippen LogP contribution in [0, 0.1) is 0 Å². The lowest BCUT2D eigenvalue weighted by Gasteiger charge is -2.40. The predicted octanol–water partition coefficient (Wildman–Crippen LogP) is 4.39. The zero-order valence-corrected chi connectivity index (χ0v) is 18.1. The molecule has 0 spiro atoms. The molecule has 1 saturated heterocycles. The molecule has 0 saturated carbocycles. The third kappa shape index (κ3) is 4.31. The van der Waals surface area contributed by atoms with E-state index in [2.05, 4.69) is 24.1 Å². The SMILES string of the molecule is C=Cc1ccc2c(C(=O)N3CCN(C(=O)OC(C)(C)C)[C@H](C)C3)cn(CC)c2c1. The first kappa shape index (κ1) is 21.0. The van der Waals surface area contributed by atoms with E-state index in [4.69, 9.17) is 4.74 Å². The van der Waals surface area contributed by atoms with Gasteiger partial charge in [-0.05, 0) is 46.2 Å². The third-order valence-electron chi connectivity index (χ3n) is 5.26. The van der Waals surface area contributed by atoms with Gasteiger partial charge in [0.05, 0.1) is 5.56 Å². The molecule has 1 fully saturated rings. The van der Waals surface area contributed by atoms with Gasteiger partial charge in [0.15, 0.2) is 0 Å². The Morgan fingerprint density at radius 2 is 2.00 bits per heavy atom. The van der Waals surface area contributed by atoms with Gasteiger partial charge < -0.3 is 19.1 Å². The van der Waals surface area contributed by atoms with Crippen molar-refractivity contribution < 1.29 is 14.3 Å². The van der Waals surface area contributed by atoms with Crippen LogP contribution in [0.2, 0.25) is 0 Å². The van der Waals surface area contributed by atoms with Crippen LogP contribution in [0.15, 0.2) is 31.0 Å². The molecule has 1 atom stereocenters. The van der Waals surface area contributed by atoms with Gasteiger partial charge >= 0.3 is 6.09 Å². The van der Waals surface area contributed by atoms with Crippen molar-refractivity contribution in [1.82, 2.24) is 14.4 Å². The van der Waals surface area contributed by atoms with Crippen LogP contribution in [0.25, 0.3) is 17.0 Å². The summed E-state index contributed by atoms with van der Waals surface area (Å²) >= 11 is 0. The Kier molecular flexibility index (Phi) is 5.73. The number of rotatable bonds is 3. The van der Waals surface area contributed by atoms with Gasteiger partial charge in [-0.2, -0.15) is 0 Å². The molecular weight excluding hydrogens is 366 g/mol. The van der Waals surface area contributed by atoms with Crippen LogP contribution in [0.4, 0.5) is 4.79 Å². The first-order chi connectivity index (χ1) is 13.6. The van der Waals surface area contributed by atoms with Gasteiger partial charge in [0.1, 0.15) is 5.60 Å². The van der Waals surface area contributed by atoms with Gasteiger partial charge in [-0.25, -0.2) is 4.79 Å². The molecule has 2 heterocycles. The second kappa shape index (κ2) is 7.93. The van der Waals surface area contributed by atoms with Crippen LogP contribution in [0.5, 0.6) is 0 Å². The number of piperazine rings is 1. The Morgan fingerprint density at radius 1 is 1.28 bits per heavy atom. The standard InChI is InChI=1S/C23H31N3O3/c1-7-17-9-10-18-19(15-24(8-2)20(18)13-17)21(27)25-11-12-26(16(3)14-25)22(28)29-23(4,5)6/h7,9-10,13,15-16H,1,8,11-12,14H2,2-6H3/t16-/m1/s1. The average Bonchev–Trinajstić information content (AvgIpc) is 3.03. The van der Waals surface area contributed by atoms with Crippen molar-refractivity contribution in [2.24, 2.45) is 0 Å². The van der Waals surface area contributed by atoms with Crippen molar-refractivity contribution in [3.63, 3.8) is 0 Å². The van der Waals surface area contributed by atoms with E-state index in [9.17, 15) is 9.59 Å². The van der Waals surface area contributed by atoms with Crippen LogP contribution in [0.1, 0.15) is 50.5 Å². The molecular formula is C23H31N3O3. The third-order valence-corrected chi connectivity index (χ3v) is 5.26. The number of ether oxygens (including phenoxy) is 1. The smallest absolute Gasteiger partial charge is 0.410 e. The van der Waals surface area contributed by atoms with E-state index in [-0.39, 0.29) is 18.0 Å². The lowest BCUT2D eigenvalue weighted by Crippen LogP contribution is -2.56. The fraction of sp³-hybridized carbons (Fsp3) is 0.478. The van der Waals surface area contributed by atoms with E-state index in [1.807, 2.05) is 57.0 Å². The Bertz CT molecular complexity index is 939. The Morgan fingerprint density at radius 3 is 2.59 bits per heavy atom. The largest absolute Gasteiger partial charge is 0.444 e. The highest BCUT2D eigenvalue weighted by molar-refractivity contribution is 6.07. The summed E-state index contributed by atoms with van der Waals surface area (Å²) in [5, 5.41) is 0.949. The Hall–Kier alpha value is -2.76. The number of carbonyl (C=O) groups is 2. The summed E-state index contributed by atoms with van der Waals surface area (Å²) < 4.78 is 7.59. The van der Waals surface area contributed by atoms with E-state index in [0.717, 1.165) is 23.0 Å². The lowest BCUT2D eigenvalue weighted by molar-refractivity contribution is 0.00201. The van der Waals surface area contributed by atoms with E-state index in [1.165, 1.54) is 0 Å². The summed E-state index contributed by atoms with van der Waals surface area (Å²) in [6.45, 7) is 15.7. The Labute approximate surface area is 172 Å². The number of benzene rings is 1. The van der Waals surface area contributed by atoms with Gasteiger partial charge in [-0.15, -0.1) is 0 Å². The number of aryl methyl sites for hydroxylation is 1. The maximum Gasteiger partial charge on any atom is 0.410 e. The van der Waals surface area contributed by atoms with Gasteiger partial charge in [0, 0.05) is 49.3 Å². The van der Waals surface area contributed by atoms with Crippen molar-refractivity contribution in [3.8, 4) is 0 Å². The molecule has 2 amide bonds. The van der Waals surface area contributed by atoms with Crippen molar-refractivity contribution in [2.45, 2.75) is 52.8 Å². The van der Waals surface area contributed by atoms with Crippen molar-refractivity contribution >= 4 is 29.0 Å². The molecule has 0 unspecified atom stereocenters. The molecule has 1 aliphatic heterocycles. The van der Waals surface area contributed by atoms with Crippen molar-refractivity contribution in [2.75, 3.05) is 19.6 Å². The molecule has 0 bridgehead atoms. The van der Waals surface area contributed by atoms with Crippen LogP contribution in [-0.4, -0.2) is 57.6 Å². The quantitative estimate of drug-likeness (QED) is 0.772. The van der Waals surface area contributed by atoms with Crippen molar-refractivity contribution in [3.05, 3.63) is 42.1 Å². The molecule has 1 aliphatic rings. The average molecular weight is 398 g/mol. The second-order valence-electron chi connectivity index (χ2n) is 8.58. The minimum atomic E-state index is -0.532. The molecule has 2 aromatic rings. The highest BCUT2D eigenvalue weighted by atomic mass is 16.6. The van der Waals surface area contributed by atoms with Crippen LogP contribution >= 0.6 is 0 Å². The first-order valence-corrected chi connectivity index (χ1v) is 10.2. The molecule has 0 radical (unpaired) electrons. The van der Waals surface area contributed by atoms with Gasteiger partial charge in [0.25, 0.3) is 5.91 Å². The van der Waals surface area contributed by atoms with Crippen LogP contribution in [-0.2, 0) is 11.3 Å². The summed E-state index contributed by atoms with van der Waals surface area (Å²) in [7, 11) is 0. The summed E-state index contributed by atoms with van der Waals surface area (Å²) in [4.78, 5) is 29.3. The lowest BCUT2D eigenvalue weighted by atomic mass is 10.1. The monoisotopic (exact) mass is 397 g/mol. The number of carbonyl (C=O) groups excluding carboxylic acids is 2. The predicted molar refractivity (Wildman–Crippen MR) is 116 cm³/mol. The minimum absolute atomic E-state index is 0.00393. The fourth-order valence-electron chi connectivity index (χ4n) is 3.77. The van der Waals surface area contributed by atoms with Crippen LogP contribution in [0.3, 0.4) is 0 Å². The highest BCUT2D eigenvalue weighted by Crippen LogP contribution is 2.26. The molecule has 1 aromatic carbocycles. The molecule has 6 heteroatoms. The van der Waals surface area contributed by atoms with E-state index >= 15 is 0 Å². The maximum absolute atomic E-state index is 13.3. The summed E-state index contributed by atoms with van der Waals surface area (Å²) in [6.07, 6.45) is 3.42. The van der Waals surface area contributed by atoms with Crippen molar-refractivity contribution in [1.29, 1.82) is 0 Å². The van der Waals surface area contributed by atoms with E-state index in [1.54, 1.807) is 4.90 Å². The summed E-state index contributed by atoms with van der Waals surface area (Å²) in [5.41, 5.74) is 2.24. The first-order valence-electron chi connectivity index (χ1n) is 10.2. The van der Waals surface area contributed by atoms with E-state index in [0.29, 0.717) is 25.2 Å².